The van der Waals surface area contributed by atoms with Gasteiger partial charge in [0.15, 0.2) is 0 Å². The molecule has 5 heteroatoms. The maximum Gasteiger partial charge on any atom is 0.138 e. The molecule has 98 valence electrons. The van der Waals surface area contributed by atoms with Gasteiger partial charge in [0.2, 0.25) is 0 Å². The molecule has 0 radical (unpaired) electrons. The summed E-state index contributed by atoms with van der Waals surface area (Å²) in [5.41, 5.74) is 1.16. The summed E-state index contributed by atoms with van der Waals surface area (Å²) in [6.45, 7) is 6.26. The van der Waals surface area contributed by atoms with Crippen LogP contribution in [0.15, 0.2) is 23.1 Å². The van der Waals surface area contributed by atoms with E-state index in [1.54, 1.807) is 12.6 Å². The fraction of sp³-hybridized carbons (Fsp3) is 0.538. The van der Waals surface area contributed by atoms with Crippen LogP contribution < -0.4 is 5.32 Å². The van der Waals surface area contributed by atoms with Crippen molar-refractivity contribution in [1.29, 1.82) is 0 Å². The zero-order valence-electron chi connectivity index (χ0n) is 11.3. The molecule has 1 atom stereocenters. The van der Waals surface area contributed by atoms with Crippen LogP contribution in [0, 0.1) is 6.92 Å². The van der Waals surface area contributed by atoms with Crippen molar-refractivity contribution < 1.29 is 4.42 Å². The van der Waals surface area contributed by atoms with E-state index in [4.69, 9.17) is 4.42 Å². The number of rotatable bonds is 5. The van der Waals surface area contributed by atoms with Crippen LogP contribution in [0.3, 0.4) is 0 Å². The van der Waals surface area contributed by atoms with Crippen LogP contribution in [-0.4, -0.2) is 21.8 Å². The second-order valence-corrected chi connectivity index (χ2v) is 4.73. The van der Waals surface area contributed by atoms with E-state index < -0.39 is 0 Å². The average Bonchev–Trinajstić information content (AvgIpc) is 2.94. The van der Waals surface area contributed by atoms with Crippen molar-refractivity contribution in [3.05, 3.63) is 35.8 Å². The Morgan fingerprint density at radius 1 is 1.44 bits per heavy atom. The molecule has 0 aliphatic rings. The maximum absolute atomic E-state index is 5.55. The summed E-state index contributed by atoms with van der Waals surface area (Å²) in [5.74, 6) is 1.94. The summed E-state index contributed by atoms with van der Waals surface area (Å²) in [7, 11) is 1.93. The summed E-state index contributed by atoms with van der Waals surface area (Å²) in [6, 6.07) is 2.42. The van der Waals surface area contributed by atoms with Gasteiger partial charge in [-0.15, -0.1) is 0 Å². The van der Waals surface area contributed by atoms with Crippen LogP contribution in [0.2, 0.25) is 0 Å². The molecule has 2 aromatic rings. The Bertz CT molecular complexity index is 501. The minimum atomic E-state index is 0.127. The first-order valence-electron chi connectivity index (χ1n) is 6.23. The first-order chi connectivity index (χ1) is 8.63. The lowest BCUT2D eigenvalue weighted by Crippen LogP contribution is -2.21. The summed E-state index contributed by atoms with van der Waals surface area (Å²) in [5, 5.41) is 7.53. The van der Waals surface area contributed by atoms with E-state index in [1.165, 1.54) is 0 Å². The first-order valence-corrected chi connectivity index (χ1v) is 6.23. The Hall–Kier alpha value is -1.62. The highest BCUT2D eigenvalue weighted by molar-refractivity contribution is 5.19. The van der Waals surface area contributed by atoms with Crippen LogP contribution in [0.4, 0.5) is 0 Å². The number of likely N-dealkylation sites (N-methyl/N-ethyl adjacent to an activating group) is 1. The monoisotopic (exact) mass is 248 g/mol. The van der Waals surface area contributed by atoms with Gasteiger partial charge in [0.05, 0.1) is 12.3 Å². The van der Waals surface area contributed by atoms with Gasteiger partial charge in [-0.3, -0.25) is 0 Å². The molecular formula is C13H20N4O. The molecule has 0 saturated carbocycles. The van der Waals surface area contributed by atoms with Crippen LogP contribution in [0.5, 0.6) is 0 Å². The normalized spacial score (nSPS) is 13.2. The third-order valence-corrected chi connectivity index (χ3v) is 3.09. The molecule has 0 aromatic carbocycles. The topological polar surface area (TPSA) is 55.9 Å². The van der Waals surface area contributed by atoms with E-state index in [2.05, 4.69) is 36.2 Å². The van der Waals surface area contributed by atoms with E-state index in [-0.39, 0.29) is 6.04 Å². The maximum atomic E-state index is 5.55. The smallest absolute Gasteiger partial charge is 0.138 e. The van der Waals surface area contributed by atoms with Crippen molar-refractivity contribution in [3.63, 3.8) is 0 Å². The fourth-order valence-electron chi connectivity index (χ4n) is 2.10. The highest BCUT2D eigenvalue weighted by atomic mass is 16.3. The molecule has 1 N–H and O–H groups in total. The van der Waals surface area contributed by atoms with Gasteiger partial charge in [-0.05, 0) is 39.4 Å². The lowest BCUT2D eigenvalue weighted by Gasteiger charge is -2.16. The van der Waals surface area contributed by atoms with E-state index >= 15 is 0 Å². The number of furan rings is 1. The molecule has 0 aliphatic heterocycles. The Kier molecular flexibility index (Phi) is 3.81. The number of aryl methyl sites for hydroxylation is 1. The minimum Gasteiger partial charge on any atom is -0.467 e. The van der Waals surface area contributed by atoms with Crippen LogP contribution in [0.25, 0.3) is 0 Å². The summed E-state index contributed by atoms with van der Waals surface area (Å²) in [4.78, 5) is 4.33. The molecule has 0 amide bonds. The molecule has 18 heavy (non-hydrogen) atoms. The molecule has 2 heterocycles. The second-order valence-electron chi connectivity index (χ2n) is 4.73. The molecule has 0 spiro atoms. The van der Waals surface area contributed by atoms with Gasteiger partial charge in [0.1, 0.15) is 17.9 Å². The quantitative estimate of drug-likeness (QED) is 0.881. The highest BCUT2D eigenvalue weighted by Gasteiger charge is 2.19. The van der Waals surface area contributed by atoms with Gasteiger partial charge >= 0.3 is 0 Å². The van der Waals surface area contributed by atoms with E-state index in [0.717, 1.165) is 23.6 Å². The average molecular weight is 248 g/mol. The van der Waals surface area contributed by atoms with Crippen molar-refractivity contribution in [1.82, 2.24) is 20.1 Å². The first kappa shape index (κ1) is 12.8. The number of hydrogen-bond donors (Lipinski definition) is 1. The number of aromatic nitrogens is 3. The fourth-order valence-corrected chi connectivity index (χ4v) is 2.10. The number of hydrogen-bond acceptors (Lipinski definition) is 4. The van der Waals surface area contributed by atoms with E-state index in [9.17, 15) is 0 Å². The summed E-state index contributed by atoms with van der Waals surface area (Å²) >= 11 is 0. The van der Waals surface area contributed by atoms with Crippen LogP contribution >= 0.6 is 0 Å². The summed E-state index contributed by atoms with van der Waals surface area (Å²) < 4.78 is 7.49. The molecule has 2 rings (SSSR count). The molecule has 0 fully saturated rings. The Balaban J connectivity index is 2.21. The molecule has 0 aliphatic carbocycles. The largest absolute Gasteiger partial charge is 0.467 e. The zero-order chi connectivity index (χ0) is 13.1. The molecule has 5 nitrogen and oxygen atoms in total. The predicted octanol–water partition coefficient (Wildman–Crippen LogP) is 2.26. The lowest BCUT2D eigenvalue weighted by atomic mass is 10.1. The highest BCUT2D eigenvalue weighted by Crippen LogP contribution is 2.22. The van der Waals surface area contributed by atoms with Gasteiger partial charge in [0, 0.05) is 12.5 Å². The Labute approximate surface area is 107 Å². The van der Waals surface area contributed by atoms with Gasteiger partial charge in [0.25, 0.3) is 0 Å². The molecular weight excluding hydrogens is 228 g/mol. The van der Waals surface area contributed by atoms with Crippen molar-refractivity contribution in [2.24, 2.45) is 0 Å². The zero-order valence-corrected chi connectivity index (χ0v) is 11.3. The standard InChI is InChI=1S/C13H20N4O/c1-9(2)17-12(15-8-16-17)7-11(14-4)13-10(3)5-6-18-13/h5-6,8-9,11,14H,7H2,1-4H3. The molecule has 2 aromatic heterocycles. The van der Waals surface area contributed by atoms with Crippen molar-refractivity contribution >= 4 is 0 Å². The SMILES string of the molecule is CNC(Cc1ncnn1C(C)C)c1occc1C. The molecule has 0 saturated heterocycles. The van der Waals surface area contributed by atoms with Gasteiger partial charge in [-0.2, -0.15) is 5.10 Å². The van der Waals surface area contributed by atoms with E-state index in [0.29, 0.717) is 6.04 Å². The number of nitrogens with zero attached hydrogens (tertiary/aromatic N) is 3. The lowest BCUT2D eigenvalue weighted by molar-refractivity contribution is 0.408. The van der Waals surface area contributed by atoms with Gasteiger partial charge in [-0.25, -0.2) is 9.67 Å². The van der Waals surface area contributed by atoms with E-state index in [1.807, 2.05) is 17.8 Å². The van der Waals surface area contributed by atoms with Crippen molar-refractivity contribution in [2.45, 2.75) is 39.3 Å². The Morgan fingerprint density at radius 3 is 2.78 bits per heavy atom. The molecule has 1 unspecified atom stereocenters. The third-order valence-electron chi connectivity index (χ3n) is 3.09. The second kappa shape index (κ2) is 5.35. The van der Waals surface area contributed by atoms with Crippen molar-refractivity contribution in [3.8, 4) is 0 Å². The van der Waals surface area contributed by atoms with Crippen LogP contribution in [0.1, 0.15) is 43.1 Å². The van der Waals surface area contributed by atoms with Gasteiger partial charge < -0.3 is 9.73 Å². The third kappa shape index (κ3) is 2.46. The van der Waals surface area contributed by atoms with Crippen LogP contribution in [-0.2, 0) is 6.42 Å². The summed E-state index contributed by atoms with van der Waals surface area (Å²) in [6.07, 6.45) is 4.10. The molecule has 0 bridgehead atoms. The predicted molar refractivity (Wildman–Crippen MR) is 69.4 cm³/mol. The Morgan fingerprint density at radius 2 is 2.22 bits per heavy atom. The minimum absolute atomic E-state index is 0.127. The van der Waals surface area contributed by atoms with Crippen molar-refractivity contribution in [2.75, 3.05) is 7.05 Å². The number of nitrogens with one attached hydrogen (secondary N) is 1. The van der Waals surface area contributed by atoms with Gasteiger partial charge in [-0.1, -0.05) is 0 Å².